The van der Waals surface area contributed by atoms with Gasteiger partial charge in [0.1, 0.15) is 0 Å². The van der Waals surface area contributed by atoms with Gasteiger partial charge in [-0.25, -0.2) is 0 Å². The highest BCUT2D eigenvalue weighted by atomic mass is 16.5. The minimum absolute atomic E-state index is 0.00626. The minimum Gasteiger partial charge on any atom is -0.493 e. The maximum atomic E-state index is 11.9. The lowest BCUT2D eigenvalue weighted by Crippen LogP contribution is -2.35. The van der Waals surface area contributed by atoms with Crippen molar-refractivity contribution in [2.45, 2.75) is 40.2 Å². The van der Waals surface area contributed by atoms with Crippen molar-refractivity contribution >= 4 is 11.8 Å². The van der Waals surface area contributed by atoms with Crippen LogP contribution in [0.25, 0.3) is 0 Å². The number of amides is 2. The molecule has 0 aliphatic carbocycles. The molecule has 0 saturated heterocycles. The Kier molecular flexibility index (Phi) is 7.55. The first kappa shape index (κ1) is 19.8. The predicted octanol–water partition coefficient (Wildman–Crippen LogP) is 2.26. The molecule has 0 heterocycles. The number of carbonyl (C=O) groups is 2. The van der Waals surface area contributed by atoms with E-state index in [1.165, 1.54) is 0 Å². The molecule has 2 amide bonds. The highest BCUT2D eigenvalue weighted by Crippen LogP contribution is 2.27. The van der Waals surface area contributed by atoms with Gasteiger partial charge in [-0.2, -0.15) is 0 Å². The van der Waals surface area contributed by atoms with Gasteiger partial charge in [0.2, 0.25) is 11.8 Å². The zero-order chi connectivity index (χ0) is 18.2. The second kappa shape index (κ2) is 9.15. The Balaban J connectivity index is 2.33. The highest BCUT2D eigenvalue weighted by Gasteiger charge is 2.20. The smallest absolute Gasteiger partial charge is 0.225 e. The van der Waals surface area contributed by atoms with Crippen molar-refractivity contribution in [1.29, 1.82) is 0 Å². The van der Waals surface area contributed by atoms with E-state index in [9.17, 15) is 9.59 Å². The van der Waals surface area contributed by atoms with Crippen LogP contribution in [0.5, 0.6) is 11.5 Å². The lowest BCUT2D eigenvalue weighted by Gasteiger charge is -2.17. The van der Waals surface area contributed by atoms with E-state index in [0.717, 1.165) is 5.56 Å². The lowest BCUT2D eigenvalue weighted by molar-refractivity contribution is -0.128. The molecule has 0 atom stereocenters. The van der Waals surface area contributed by atoms with Crippen LogP contribution >= 0.6 is 0 Å². The number of methoxy groups -OCH3 is 2. The van der Waals surface area contributed by atoms with E-state index in [0.29, 0.717) is 37.4 Å². The summed E-state index contributed by atoms with van der Waals surface area (Å²) in [5.74, 6) is 1.24. The first-order chi connectivity index (χ1) is 11.3. The van der Waals surface area contributed by atoms with Crippen LogP contribution in [0.1, 0.15) is 39.2 Å². The van der Waals surface area contributed by atoms with E-state index in [1.807, 2.05) is 39.0 Å². The SMILES string of the molecule is COc1ccc(CNC(=O)CCCNC(=O)C(C)(C)C)cc1OC. The standard InChI is InChI=1S/C18H28N2O4/c1-18(2,3)17(22)19-10-6-7-16(21)20-12-13-8-9-14(23-4)15(11-13)24-5/h8-9,11H,6-7,10,12H2,1-5H3,(H,19,22)(H,20,21). The van der Waals surface area contributed by atoms with Crippen LogP contribution in [0.2, 0.25) is 0 Å². The largest absolute Gasteiger partial charge is 0.493 e. The third-order valence-corrected chi connectivity index (χ3v) is 3.48. The summed E-state index contributed by atoms with van der Waals surface area (Å²) in [4.78, 5) is 23.6. The molecule has 0 bridgehead atoms. The van der Waals surface area contributed by atoms with Crippen molar-refractivity contribution in [3.8, 4) is 11.5 Å². The van der Waals surface area contributed by atoms with Gasteiger partial charge in [-0.15, -0.1) is 0 Å². The molecule has 134 valence electrons. The molecule has 0 unspecified atom stereocenters. The van der Waals surface area contributed by atoms with Crippen LogP contribution in [0.4, 0.5) is 0 Å². The summed E-state index contributed by atoms with van der Waals surface area (Å²) in [6.07, 6.45) is 0.983. The van der Waals surface area contributed by atoms with Crippen LogP contribution in [0.3, 0.4) is 0 Å². The number of hydrogen-bond donors (Lipinski definition) is 2. The molecule has 0 aliphatic rings. The number of hydrogen-bond acceptors (Lipinski definition) is 4. The van der Waals surface area contributed by atoms with E-state index in [4.69, 9.17) is 9.47 Å². The van der Waals surface area contributed by atoms with Crippen LogP contribution < -0.4 is 20.1 Å². The molecule has 0 aromatic heterocycles. The Morgan fingerprint density at radius 3 is 2.29 bits per heavy atom. The van der Waals surface area contributed by atoms with Gasteiger partial charge in [0.05, 0.1) is 14.2 Å². The van der Waals surface area contributed by atoms with Crippen molar-refractivity contribution in [1.82, 2.24) is 10.6 Å². The normalized spacial score (nSPS) is 10.9. The quantitative estimate of drug-likeness (QED) is 0.714. The molecular formula is C18H28N2O4. The molecule has 1 rings (SSSR count). The molecule has 0 saturated carbocycles. The Labute approximate surface area is 143 Å². The molecule has 24 heavy (non-hydrogen) atoms. The fourth-order valence-corrected chi connectivity index (χ4v) is 2.00. The number of rotatable bonds is 8. The van der Waals surface area contributed by atoms with Gasteiger partial charge in [-0.3, -0.25) is 9.59 Å². The third kappa shape index (κ3) is 6.48. The Morgan fingerprint density at radius 1 is 1.04 bits per heavy atom. The topological polar surface area (TPSA) is 76.7 Å². The van der Waals surface area contributed by atoms with Gasteiger partial charge in [-0.05, 0) is 24.1 Å². The van der Waals surface area contributed by atoms with E-state index in [2.05, 4.69) is 10.6 Å². The monoisotopic (exact) mass is 336 g/mol. The van der Waals surface area contributed by atoms with Gasteiger partial charge < -0.3 is 20.1 Å². The first-order valence-electron chi connectivity index (χ1n) is 8.04. The van der Waals surface area contributed by atoms with Crippen molar-refractivity contribution in [3.63, 3.8) is 0 Å². The zero-order valence-electron chi connectivity index (χ0n) is 15.2. The van der Waals surface area contributed by atoms with E-state index >= 15 is 0 Å². The zero-order valence-corrected chi connectivity index (χ0v) is 15.2. The summed E-state index contributed by atoms with van der Waals surface area (Å²) in [5.41, 5.74) is 0.525. The van der Waals surface area contributed by atoms with Gasteiger partial charge in [0, 0.05) is 24.9 Å². The lowest BCUT2D eigenvalue weighted by atomic mass is 9.96. The molecule has 0 fully saturated rings. The van der Waals surface area contributed by atoms with E-state index < -0.39 is 5.41 Å². The summed E-state index contributed by atoms with van der Waals surface area (Å²) in [5, 5.41) is 5.69. The molecule has 1 aromatic carbocycles. The first-order valence-corrected chi connectivity index (χ1v) is 8.04. The Bertz CT molecular complexity index is 565. The Hall–Kier alpha value is -2.24. The maximum Gasteiger partial charge on any atom is 0.225 e. The Morgan fingerprint density at radius 2 is 1.71 bits per heavy atom. The molecule has 1 aromatic rings. The van der Waals surface area contributed by atoms with Crippen molar-refractivity contribution in [3.05, 3.63) is 23.8 Å². The molecule has 0 radical (unpaired) electrons. The number of ether oxygens (including phenoxy) is 2. The summed E-state index contributed by atoms with van der Waals surface area (Å²) in [6.45, 7) is 6.50. The minimum atomic E-state index is -0.407. The highest BCUT2D eigenvalue weighted by molar-refractivity contribution is 5.81. The van der Waals surface area contributed by atoms with E-state index in [1.54, 1.807) is 14.2 Å². The summed E-state index contributed by atoms with van der Waals surface area (Å²) >= 11 is 0. The average molecular weight is 336 g/mol. The molecule has 6 nitrogen and oxygen atoms in total. The van der Waals surface area contributed by atoms with Crippen molar-refractivity contribution in [2.24, 2.45) is 5.41 Å². The van der Waals surface area contributed by atoms with Crippen LogP contribution in [0, 0.1) is 5.41 Å². The van der Waals surface area contributed by atoms with E-state index in [-0.39, 0.29) is 11.8 Å². The molecule has 0 aliphatic heterocycles. The third-order valence-electron chi connectivity index (χ3n) is 3.48. The predicted molar refractivity (Wildman–Crippen MR) is 93.1 cm³/mol. The van der Waals surface area contributed by atoms with Gasteiger partial charge in [0.15, 0.2) is 11.5 Å². The number of carbonyl (C=O) groups excluding carboxylic acids is 2. The molecular weight excluding hydrogens is 308 g/mol. The second-order valence-corrected chi connectivity index (χ2v) is 6.58. The second-order valence-electron chi connectivity index (χ2n) is 6.58. The summed E-state index contributed by atoms with van der Waals surface area (Å²) < 4.78 is 10.4. The average Bonchev–Trinajstić information content (AvgIpc) is 2.55. The number of nitrogens with one attached hydrogen (secondary N) is 2. The maximum absolute atomic E-state index is 11.9. The van der Waals surface area contributed by atoms with Gasteiger partial charge in [-0.1, -0.05) is 26.8 Å². The van der Waals surface area contributed by atoms with Crippen molar-refractivity contribution in [2.75, 3.05) is 20.8 Å². The fraction of sp³-hybridized carbons (Fsp3) is 0.556. The van der Waals surface area contributed by atoms with Gasteiger partial charge >= 0.3 is 0 Å². The molecule has 6 heteroatoms. The molecule has 2 N–H and O–H groups in total. The van der Waals surface area contributed by atoms with Crippen LogP contribution in [0.15, 0.2) is 18.2 Å². The summed E-state index contributed by atoms with van der Waals surface area (Å²) in [6, 6.07) is 5.52. The number of benzene rings is 1. The van der Waals surface area contributed by atoms with Crippen LogP contribution in [-0.2, 0) is 16.1 Å². The summed E-state index contributed by atoms with van der Waals surface area (Å²) in [7, 11) is 3.16. The molecule has 0 spiro atoms. The fourth-order valence-electron chi connectivity index (χ4n) is 2.00. The van der Waals surface area contributed by atoms with Crippen molar-refractivity contribution < 1.29 is 19.1 Å². The van der Waals surface area contributed by atoms with Crippen LogP contribution in [-0.4, -0.2) is 32.6 Å². The van der Waals surface area contributed by atoms with Gasteiger partial charge in [0.25, 0.3) is 0 Å².